The molecule has 2 bridgehead atoms. The summed E-state index contributed by atoms with van der Waals surface area (Å²) in [5, 5.41) is 6.02. The van der Waals surface area contributed by atoms with Crippen LogP contribution in [-0.2, 0) is 9.59 Å². The number of anilines is 1. The molecule has 2 aromatic carbocycles. The van der Waals surface area contributed by atoms with E-state index >= 15 is 0 Å². The van der Waals surface area contributed by atoms with Crippen molar-refractivity contribution in [3.63, 3.8) is 0 Å². The van der Waals surface area contributed by atoms with Crippen LogP contribution in [0.15, 0.2) is 76.1 Å². The molecule has 6 heteroatoms. The number of aryl methyl sites for hydroxylation is 1. The number of fused-ring (bicyclic) bond motifs is 8. The summed E-state index contributed by atoms with van der Waals surface area (Å²) < 4.78 is 0. The maximum Gasteiger partial charge on any atom is 0.238 e. The first kappa shape index (κ1) is 20.0. The van der Waals surface area contributed by atoms with Crippen molar-refractivity contribution in [1.29, 1.82) is 0 Å². The Morgan fingerprint density at radius 3 is 2.39 bits per heavy atom. The number of carbonyl (C=O) groups is 2. The summed E-state index contributed by atoms with van der Waals surface area (Å²) in [7, 11) is 0. The number of allylic oxidation sites excluding steroid dienone is 1. The molecule has 0 unspecified atom stereocenters. The van der Waals surface area contributed by atoms with Gasteiger partial charge in [-0.15, -0.1) is 11.8 Å². The first-order chi connectivity index (χ1) is 16.0. The van der Waals surface area contributed by atoms with Crippen molar-refractivity contribution >= 4 is 41.0 Å². The largest absolute Gasteiger partial charge is 0.344 e. The molecule has 7 atom stereocenters. The van der Waals surface area contributed by atoms with Gasteiger partial charge in [0.2, 0.25) is 11.8 Å². The maximum absolute atomic E-state index is 13.7. The van der Waals surface area contributed by atoms with E-state index in [2.05, 4.69) is 43.1 Å². The molecule has 3 heterocycles. The van der Waals surface area contributed by atoms with Crippen LogP contribution >= 0.6 is 23.5 Å². The summed E-state index contributed by atoms with van der Waals surface area (Å²) in [6, 6.07) is 18.3. The van der Waals surface area contributed by atoms with Crippen molar-refractivity contribution in [1.82, 2.24) is 5.32 Å². The fraction of sp³-hybridized carbons (Fsp3) is 0.333. The molecule has 5 aliphatic rings. The SMILES string of the molecule is C=C1NC2=C(S1)[C@@H](c1ccc(C)cc1)[C@@H]1[C@@H]3C[C@H]([C@@H]1S2)[C@@H]1C(=O)N(c2ccccc2)C(=O)[C@H]31. The summed E-state index contributed by atoms with van der Waals surface area (Å²) >= 11 is 3.64. The highest BCUT2D eigenvalue weighted by atomic mass is 32.2. The van der Waals surface area contributed by atoms with Crippen LogP contribution in [0.4, 0.5) is 5.69 Å². The van der Waals surface area contributed by atoms with Crippen LogP contribution in [-0.4, -0.2) is 17.1 Å². The van der Waals surface area contributed by atoms with Crippen LogP contribution < -0.4 is 10.2 Å². The van der Waals surface area contributed by atoms with Crippen molar-refractivity contribution < 1.29 is 9.59 Å². The monoisotopic (exact) mass is 472 g/mol. The van der Waals surface area contributed by atoms with Crippen molar-refractivity contribution in [3.05, 3.63) is 87.3 Å². The highest BCUT2D eigenvalue weighted by Crippen LogP contribution is 2.70. The van der Waals surface area contributed by atoms with Gasteiger partial charge in [0.05, 0.1) is 27.6 Å². The van der Waals surface area contributed by atoms with Crippen molar-refractivity contribution in [2.75, 3.05) is 4.90 Å². The van der Waals surface area contributed by atoms with Crippen LogP contribution in [0, 0.1) is 36.5 Å². The van der Waals surface area contributed by atoms with Crippen LogP contribution in [0.2, 0.25) is 0 Å². The van der Waals surface area contributed by atoms with Gasteiger partial charge >= 0.3 is 0 Å². The number of para-hydroxylation sites is 1. The molecular weight excluding hydrogens is 448 g/mol. The van der Waals surface area contributed by atoms with E-state index in [4.69, 9.17) is 0 Å². The number of benzene rings is 2. The second-order valence-corrected chi connectivity index (χ2v) is 12.2. The Morgan fingerprint density at radius 1 is 0.970 bits per heavy atom. The molecule has 1 saturated heterocycles. The minimum absolute atomic E-state index is 0.00702. The van der Waals surface area contributed by atoms with Crippen molar-refractivity contribution in [2.24, 2.45) is 29.6 Å². The number of imide groups is 1. The minimum Gasteiger partial charge on any atom is -0.344 e. The van der Waals surface area contributed by atoms with Gasteiger partial charge in [0.25, 0.3) is 0 Å². The Balaban J connectivity index is 1.31. The van der Waals surface area contributed by atoms with Gasteiger partial charge in [-0.05, 0) is 48.8 Å². The molecule has 3 aliphatic heterocycles. The Morgan fingerprint density at radius 2 is 1.67 bits per heavy atom. The number of nitrogens with zero attached hydrogens (tertiary/aromatic N) is 1. The maximum atomic E-state index is 13.7. The fourth-order valence-corrected chi connectivity index (χ4v) is 10.0. The molecule has 2 saturated carbocycles. The highest BCUT2D eigenvalue weighted by molar-refractivity contribution is 8.10. The lowest BCUT2D eigenvalue weighted by atomic mass is 9.68. The lowest BCUT2D eigenvalue weighted by Crippen LogP contribution is -2.43. The van der Waals surface area contributed by atoms with Crippen molar-refractivity contribution in [2.45, 2.75) is 24.5 Å². The average Bonchev–Trinajstić information content (AvgIpc) is 3.54. The number of hydrogen-bond donors (Lipinski definition) is 1. The Bertz CT molecular complexity index is 1240. The fourth-order valence-electron chi connectivity index (χ4n) is 7.06. The zero-order valence-electron chi connectivity index (χ0n) is 18.2. The number of thioether (sulfide) groups is 2. The molecule has 2 amide bonds. The predicted molar refractivity (Wildman–Crippen MR) is 133 cm³/mol. The first-order valence-corrected chi connectivity index (χ1v) is 13.3. The van der Waals surface area contributed by atoms with Gasteiger partial charge in [0.1, 0.15) is 0 Å². The highest BCUT2D eigenvalue weighted by Gasteiger charge is 2.69. The van der Waals surface area contributed by atoms with E-state index in [1.807, 2.05) is 42.1 Å². The normalized spacial score (nSPS) is 36.2. The molecule has 2 aliphatic carbocycles. The van der Waals surface area contributed by atoms with Gasteiger partial charge in [0, 0.05) is 16.1 Å². The van der Waals surface area contributed by atoms with E-state index in [1.165, 1.54) is 26.0 Å². The van der Waals surface area contributed by atoms with Gasteiger partial charge in [-0.2, -0.15) is 0 Å². The van der Waals surface area contributed by atoms with Crippen LogP contribution in [0.5, 0.6) is 0 Å². The quantitative estimate of drug-likeness (QED) is 0.606. The van der Waals surface area contributed by atoms with Crippen LogP contribution in [0.1, 0.15) is 23.5 Å². The second kappa shape index (κ2) is 7.03. The summed E-state index contributed by atoms with van der Waals surface area (Å²) in [4.78, 5) is 30.1. The van der Waals surface area contributed by atoms with E-state index in [1.54, 1.807) is 11.8 Å². The summed E-state index contributed by atoms with van der Waals surface area (Å²) in [6.45, 7) is 6.29. The number of amides is 2. The molecule has 3 fully saturated rings. The third kappa shape index (κ3) is 2.68. The average molecular weight is 473 g/mol. The molecule has 0 radical (unpaired) electrons. The summed E-state index contributed by atoms with van der Waals surface area (Å²) in [6.07, 6.45) is 0.978. The molecule has 0 aromatic heterocycles. The van der Waals surface area contributed by atoms with Gasteiger partial charge in [-0.3, -0.25) is 14.5 Å². The third-order valence-electron chi connectivity index (χ3n) is 8.24. The molecule has 1 N–H and O–H groups in total. The number of rotatable bonds is 2. The van der Waals surface area contributed by atoms with E-state index in [0.717, 1.165) is 11.4 Å². The van der Waals surface area contributed by atoms with Gasteiger partial charge in [0.15, 0.2) is 0 Å². The Hall–Kier alpha value is -2.44. The molecule has 7 rings (SSSR count). The first-order valence-electron chi connectivity index (χ1n) is 11.6. The second-order valence-electron chi connectivity index (χ2n) is 9.85. The topological polar surface area (TPSA) is 49.4 Å². The van der Waals surface area contributed by atoms with E-state index in [0.29, 0.717) is 16.9 Å². The minimum atomic E-state index is -0.192. The molecule has 4 nitrogen and oxygen atoms in total. The lowest BCUT2D eigenvalue weighted by Gasteiger charge is -2.43. The lowest BCUT2D eigenvalue weighted by molar-refractivity contribution is -0.123. The van der Waals surface area contributed by atoms with Crippen LogP contribution in [0.3, 0.4) is 0 Å². The third-order valence-corrected chi connectivity index (χ3v) is 10.9. The van der Waals surface area contributed by atoms with Gasteiger partial charge in [-0.25, -0.2) is 0 Å². The number of hydrogen-bond acceptors (Lipinski definition) is 5. The molecule has 2 aromatic rings. The Kier molecular flexibility index (Phi) is 4.26. The van der Waals surface area contributed by atoms with Gasteiger partial charge < -0.3 is 5.32 Å². The standard InChI is InChI=1S/C27H24N2O2S2/c1-13-8-10-15(11-9-13)19-20-17-12-18(23(20)33-25-24(19)32-14(2)28-25)22-21(17)26(30)29(27(22)31)16-6-4-3-5-7-16/h3-11,17-23,28H,2,12H2,1H3/t17-,18-,19-,20-,21+,22-,23-/m0/s1. The molecule has 166 valence electrons. The Labute approximate surface area is 201 Å². The molecule has 0 spiro atoms. The smallest absolute Gasteiger partial charge is 0.238 e. The number of nitrogens with one attached hydrogen (secondary N) is 1. The van der Waals surface area contributed by atoms with E-state index < -0.39 is 0 Å². The zero-order chi connectivity index (χ0) is 22.4. The van der Waals surface area contributed by atoms with Gasteiger partial charge in [-0.1, -0.05) is 66.4 Å². The van der Waals surface area contributed by atoms with Crippen molar-refractivity contribution in [3.8, 4) is 0 Å². The molecular formula is C27H24N2O2S2. The van der Waals surface area contributed by atoms with E-state index in [-0.39, 0.29) is 41.4 Å². The predicted octanol–water partition coefficient (Wildman–Crippen LogP) is 5.24. The zero-order valence-corrected chi connectivity index (χ0v) is 19.9. The molecule has 33 heavy (non-hydrogen) atoms. The van der Waals surface area contributed by atoms with E-state index in [9.17, 15) is 9.59 Å². The summed E-state index contributed by atoms with van der Waals surface area (Å²) in [5.74, 6) is 0.712. The number of carbonyl (C=O) groups excluding carboxylic acids is 2. The summed E-state index contributed by atoms with van der Waals surface area (Å²) in [5.41, 5.74) is 3.27. The van der Waals surface area contributed by atoms with Crippen LogP contribution in [0.25, 0.3) is 0 Å².